The fraction of sp³-hybridized carbons (Fsp3) is 0.500. The molecule has 0 aliphatic heterocycles. The maximum atomic E-state index is 12.3. The van der Waals surface area contributed by atoms with E-state index in [1.165, 1.54) is 12.8 Å². The third-order valence-corrected chi connectivity index (χ3v) is 3.64. The molecule has 1 aromatic rings. The summed E-state index contributed by atoms with van der Waals surface area (Å²) in [6.07, 6.45) is 4.45. The second-order valence-electron chi connectivity index (χ2n) is 5.64. The highest BCUT2D eigenvalue weighted by Crippen LogP contribution is 2.20. The number of para-hydroxylation sites is 1. The molecule has 0 heterocycles. The summed E-state index contributed by atoms with van der Waals surface area (Å²) in [5, 5.41) is 5.86. The lowest BCUT2D eigenvalue weighted by atomic mass is 10.1. The van der Waals surface area contributed by atoms with Crippen LogP contribution in [-0.2, 0) is 4.79 Å². The summed E-state index contributed by atoms with van der Waals surface area (Å²) < 4.78 is 0. The number of carbonyl (C=O) groups excluding carboxylic acids is 2. The topological polar surface area (TPSA) is 58.2 Å². The Bertz CT molecular complexity index is 491. The number of nitrogens with one attached hydrogen (secondary N) is 2. The van der Waals surface area contributed by atoms with Crippen LogP contribution >= 0.6 is 0 Å². The third kappa shape index (κ3) is 3.59. The van der Waals surface area contributed by atoms with Crippen LogP contribution < -0.4 is 10.6 Å². The molecular formula is C16H22N2O2. The first-order valence-electron chi connectivity index (χ1n) is 7.28. The smallest absolute Gasteiger partial charge is 0.253 e. The summed E-state index contributed by atoms with van der Waals surface area (Å²) in [6.45, 7) is 3.66. The van der Waals surface area contributed by atoms with Gasteiger partial charge >= 0.3 is 0 Å². The van der Waals surface area contributed by atoms with Crippen molar-refractivity contribution in [1.29, 1.82) is 0 Å². The predicted molar refractivity (Wildman–Crippen MR) is 79.6 cm³/mol. The fourth-order valence-corrected chi connectivity index (χ4v) is 2.40. The van der Waals surface area contributed by atoms with E-state index in [0.717, 1.165) is 12.8 Å². The van der Waals surface area contributed by atoms with E-state index in [-0.39, 0.29) is 23.8 Å². The van der Waals surface area contributed by atoms with Crippen molar-refractivity contribution in [3.8, 4) is 0 Å². The molecule has 108 valence electrons. The van der Waals surface area contributed by atoms with E-state index < -0.39 is 0 Å². The first-order chi connectivity index (χ1) is 9.58. The van der Waals surface area contributed by atoms with Gasteiger partial charge in [-0.05, 0) is 25.0 Å². The zero-order valence-electron chi connectivity index (χ0n) is 12.1. The van der Waals surface area contributed by atoms with Gasteiger partial charge in [-0.2, -0.15) is 0 Å². The van der Waals surface area contributed by atoms with Crippen molar-refractivity contribution < 1.29 is 9.59 Å². The second-order valence-corrected chi connectivity index (χ2v) is 5.64. The summed E-state index contributed by atoms with van der Waals surface area (Å²) in [6, 6.07) is 7.43. The van der Waals surface area contributed by atoms with Gasteiger partial charge in [0.05, 0.1) is 11.3 Å². The first-order valence-corrected chi connectivity index (χ1v) is 7.28. The Kier molecular flexibility index (Phi) is 4.77. The van der Waals surface area contributed by atoms with Gasteiger partial charge < -0.3 is 10.6 Å². The van der Waals surface area contributed by atoms with Gasteiger partial charge in [-0.1, -0.05) is 38.8 Å². The molecule has 0 unspecified atom stereocenters. The van der Waals surface area contributed by atoms with Crippen LogP contribution in [0.5, 0.6) is 0 Å². The fourth-order valence-electron chi connectivity index (χ4n) is 2.40. The number of hydrogen-bond acceptors (Lipinski definition) is 2. The van der Waals surface area contributed by atoms with Gasteiger partial charge in [-0.3, -0.25) is 9.59 Å². The Morgan fingerprint density at radius 2 is 1.80 bits per heavy atom. The molecule has 1 fully saturated rings. The SMILES string of the molecule is CC(C)C(=O)Nc1ccccc1C(=O)NC1CCCC1. The Morgan fingerprint density at radius 3 is 2.45 bits per heavy atom. The molecule has 0 bridgehead atoms. The molecule has 2 amide bonds. The number of rotatable bonds is 4. The normalized spacial score (nSPS) is 15.3. The standard InChI is InChI=1S/C16H22N2O2/c1-11(2)15(19)18-14-10-6-5-9-13(14)16(20)17-12-7-3-4-8-12/h5-6,9-12H,3-4,7-8H2,1-2H3,(H,17,20)(H,18,19). The number of carbonyl (C=O) groups is 2. The van der Waals surface area contributed by atoms with Crippen LogP contribution in [0.3, 0.4) is 0 Å². The molecule has 0 atom stereocenters. The van der Waals surface area contributed by atoms with Gasteiger partial charge in [0.25, 0.3) is 5.91 Å². The van der Waals surface area contributed by atoms with E-state index in [1.807, 2.05) is 26.0 Å². The lowest BCUT2D eigenvalue weighted by Gasteiger charge is -2.15. The van der Waals surface area contributed by atoms with E-state index in [1.54, 1.807) is 12.1 Å². The molecule has 0 spiro atoms. The Hall–Kier alpha value is -1.84. The quantitative estimate of drug-likeness (QED) is 0.887. The van der Waals surface area contributed by atoms with Crippen LogP contribution in [0.2, 0.25) is 0 Å². The molecule has 0 radical (unpaired) electrons. The molecule has 2 rings (SSSR count). The molecule has 4 nitrogen and oxygen atoms in total. The van der Waals surface area contributed by atoms with Crippen molar-refractivity contribution in [1.82, 2.24) is 5.32 Å². The average molecular weight is 274 g/mol. The van der Waals surface area contributed by atoms with Crippen LogP contribution in [0.25, 0.3) is 0 Å². The molecule has 2 N–H and O–H groups in total. The molecule has 1 saturated carbocycles. The van der Waals surface area contributed by atoms with Crippen LogP contribution in [0.1, 0.15) is 49.9 Å². The van der Waals surface area contributed by atoms with Crippen molar-refractivity contribution in [3.05, 3.63) is 29.8 Å². The lowest BCUT2D eigenvalue weighted by Crippen LogP contribution is -2.33. The van der Waals surface area contributed by atoms with E-state index in [2.05, 4.69) is 10.6 Å². The van der Waals surface area contributed by atoms with Gasteiger partial charge in [0.2, 0.25) is 5.91 Å². The van der Waals surface area contributed by atoms with Crippen molar-refractivity contribution in [2.45, 2.75) is 45.6 Å². The lowest BCUT2D eigenvalue weighted by molar-refractivity contribution is -0.118. The van der Waals surface area contributed by atoms with Gasteiger partial charge in [-0.25, -0.2) is 0 Å². The molecule has 1 aromatic carbocycles. The number of amides is 2. The number of benzene rings is 1. The first kappa shape index (κ1) is 14.6. The zero-order chi connectivity index (χ0) is 14.5. The van der Waals surface area contributed by atoms with Crippen LogP contribution in [-0.4, -0.2) is 17.9 Å². The Labute approximate surface area is 119 Å². The van der Waals surface area contributed by atoms with Crippen molar-refractivity contribution in [2.24, 2.45) is 5.92 Å². The molecule has 1 aliphatic carbocycles. The minimum absolute atomic E-state index is 0.0777. The summed E-state index contributed by atoms with van der Waals surface area (Å²) in [4.78, 5) is 24.1. The zero-order valence-corrected chi connectivity index (χ0v) is 12.1. The van der Waals surface area contributed by atoms with Crippen molar-refractivity contribution in [3.63, 3.8) is 0 Å². The Morgan fingerprint density at radius 1 is 1.15 bits per heavy atom. The summed E-state index contributed by atoms with van der Waals surface area (Å²) in [5.41, 5.74) is 1.12. The van der Waals surface area contributed by atoms with Gasteiger partial charge in [-0.15, -0.1) is 0 Å². The monoisotopic (exact) mass is 274 g/mol. The maximum absolute atomic E-state index is 12.3. The van der Waals surface area contributed by atoms with E-state index in [0.29, 0.717) is 11.3 Å². The molecule has 1 aliphatic rings. The van der Waals surface area contributed by atoms with Crippen LogP contribution in [0, 0.1) is 5.92 Å². The highest BCUT2D eigenvalue weighted by atomic mass is 16.2. The maximum Gasteiger partial charge on any atom is 0.253 e. The second kappa shape index (κ2) is 6.55. The van der Waals surface area contributed by atoms with Crippen LogP contribution in [0.4, 0.5) is 5.69 Å². The largest absolute Gasteiger partial charge is 0.349 e. The molecule has 0 aromatic heterocycles. The van der Waals surface area contributed by atoms with Crippen LogP contribution in [0.15, 0.2) is 24.3 Å². The molecular weight excluding hydrogens is 252 g/mol. The predicted octanol–water partition coefficient (Wildman–Crippen LogP) is 2.95. The van der Waals surface area contributed by atoms with Gasteiger partial charge in [0.1, 0.15) is 0 Å². The minimum Gasteiger partial charge on any atom is -0.349 e. The number of anilines is 1. The van der Waals surface area contributed by atoms with E-state index in [4.69, 9.17) is 0 Å². The van der Waals surface area contributed by atoms with E-state index >= 15 is 0 Å². The van der Waals surface area contributed by atoms with E-state index in [9.17, 15) is 9.59 Å². The van der Waals surface area contributed by atoms with Crippen molar-refractivity contribution in [2.75, 3.05) is 5.32 Å². The molecule has 4 heteroatoms. The minimum atomic E-state index is -0.110. The summed E-state index contributed by atoms with van der Waals surface area (Å²) >= 11 is 0. The van der Waals surface area contributed by atoms with Crippen molar-refractivity contribution >= 4 is 17.5 Å². The third-order valence-electron chi connectivity index (χ3n) is 3.64. The highest BCUT2D eigenvalue weighted by Gasteiger charge is 2.20. The van der Waals surface area contributed by atoms with Gasteiger partial charge in [0, 0.05) is 12.0 Å². The number of hydrogen-bond donors (Lipinski definition) is 2. The molecule has 20 heavy (non-hydrogen) atoms. The van der Waals surface area contributed by atoms with Gasteiger partial charge in [0.15, 0.2) is 0 Å². The Balaban J connectivity index is 2.10. The molecule has 0 saturated heterocycles. The summed E-state index contributed by atoms with van der Waals surface area (Å²) in [5.74, 6) is -0.288. The summed E-state index contributed by atoms with van der Waals surface area (Å²) in [7, 11) is 0. The average Bonchev–Trinajstić information content (AvgIpc) is 2.92. The highest BCUT2D eigenvalue weighted by molar-refractivity contribution is 6.04.